The number of thioether (sulfide) groups is 1. The number of rotatable bonds is 17. The van der Waals surface area contributed by atoms with Crippen LogP contribution in [0.2, 0.25) is 0 Å². The Morgan fingerprint density at radius 2 is 1.58 bits per heavy atom. The van der Waals surface area contributed by atoms with Gasteiger partial charge in [-0.25, -0.2) is 9.78 Å². The summed E-state index contributed by atoms with van der Waals surface area (Å²) in [5.41, 5.74) is 16.8. The number of carbonyl (C=O) groups excluding carboxylic acids is 5. The number of carboxylic acids is 1. The summed E-state index contributed by atoms with van der Waals surface area (Å²) in [4.78, 5) is 79.0. The van der Waals surface area contributed by atoms with Crippen LogP contribution in [-0.4, -0.2) is 86.8 Å². The molecule has 4 atom stereocenters. The van der Waals surface area contributed by atoms with E-state index in [-0.39, 0.29) is 25.7 Å². The van der Waals surface area contributed by atoms with Crippen molar-refractivity contribution in [3.8, 4) is 0 Å². The summed E-state index contributed by atoms with van der Waals surface area (Å²) in [6.45, 7) is 0. The van der Waals surface area contributed by atoms with Crippen LogP contribution < -0.4 is 33.2 Å². The number of imidazole rings is 1. The molecule has 1 heterocycles. The van der Waals surface area contributed by atoms with Gasteiger partial charge in [-0.15, -0.1) is 0 Å². The number of aliphatic carboxylic acids is 1. The molecule has 16 heteroatoms. The van der Waals surface area contributed by atoms with Crippen LogP contribution in [0.3, 0.4) is 0 Å². The van der Waals surface area contributed by atoms with Gasteiger partial charge in [0.15, 0.2) is 0 Å². The Hall–Kier alpha value is -3.66. The monoisotopic (exact) mass is 528 g/mol. The Morgan fingerprint density at radius 3 is 2.11 bits per heavy atom. The first-order valence-corrected chi connectivity index (χ1v) is 12.3. The highest BCUT2D eigenvalue weighted by Crippen LogP contribution is 2.05. The van der Waals surface area contributed by atoms with Gasteiger partial charge in [0.05, 0.1) is 18.8 Å². The second-order valence-corrected chi connectivity index (χ2v) is 8.85. The van der Waals surface area contributed by atoms with E-state index in [2.05, 4.69) is 25.9 Å². The lowest BCUT2D eigenvalue weighted by atomic mass is 10.1. The van der Waals surface area contributed by atoms with Crippen molar-refractivity contribution in [2.24, 2.45) is 17.2 Å². The molecule has 0 aliphatic heterocycles. The highest BCUT2D eigenvalue weighted by atomic mass is 32.2. The molecule has 0 bridgehead atoms. The second-order valence-electron chi connectivity index (χ2n) is 7.87. The lowest BCUT2D eigenvalue weighted by Crippen LogP contribution is -2.58. The minimum absolute atomic E-state index is 0.0625. The number of amides is 5. The first kappa shape index (κ1) is 30.4. The van der Waals surface area contributed by atoms with E-state index in [4.69, 9.17) is 17.2 Å². The quantitative estimate of drug-likeness (QED) is 0.0998. The van der Waals surface area contributed by atoms with E-state index in [0.29, 0.717) is 11.4 Å². The van der Waals surface area contributed by atoms with Crippen molar-refractivity contribution in [2.75, 3.05) is 12.0 Å². The molecule has 1 aromatic rings. The van der Waals surface area contributed by atoms with Crippen molar-refractivity contribution in [1.82, 2.24) is 25.9 Å². The first-order chi connectivity index (χ1) is 16.9. The minimum Gasteiger partial charge on any atom is -0.480 e. The number of nitrogens with two attached hydrogens (primary N) is 3. The molecule has 1 aromatic heterocycles. The van der Waals surface area contributed by atoms with Gasteiger partial charge in [-0.05, 0) is 24.9 Å². The zero-order valence-electron chi connectivity index (χ0n) is 19.7. The zero-order valence-corrected chi connectivity index (χ0v) is 20.5. The molecule has 0 radical (unpaired) electrons. The summed E-state index contributed by atoms with van der Waals surface area (Å²) in [7, 11) is 0. The third-order valence-corrected chi connectivity index (χ3v) is 5.55. The fourth-order valence-electron chi connectivity index (χ4n) is 3.01. The maximum Gasteiger partial charge on any atom is 0.326 e. The van der Waals surface area contributed by atoms with E-state index in [9.17, 15) is 33.9 Å². The van der Waals surface area contributed by atoms with Gasteiger partial charge in [-0.3, -0.25) is 24.0 Å². The number of H-pyrrole nitrogens is 1. The van der Waals surface area contributed by atoms with Crippen molar-refractivity contribution in [1.29, 1.82) is 0 Å². The van der Waals surface area contributed by atoms with Gasteiger partial charge in [-0.1, -0.05) is 0 Å². The fourth-order valence-corrected chi connectivity index (χ4v) is 3.48. The Bertz CT molecular complexity index is 927. The highest BCUT2D eigenvalue weighted by molar-refractivity contribution is 7.98. The van der Waals surface area contributed by atoms with Crippen molar-refractivity contribution >= 4 is 47.3 Å². The summed E-state index contributed by atoms with van der Waals surface area (Å²) in [5, 5.41) is 16.3. The smallest absolute Gasteiger partial charge is 0.326 e. The number of carbonyl (C=O) groups is 6. The molecule has 5 amide bonds. The van der Waals surface area contributed by atoms with Crippen molar-refractivity contribution < 1.29 is 33.9 Å². The number of primary amides is 2. The number of hydrogen-bond acceptors (Lipinski definition) is 9. The molecule has 0 saturated heterocycles. The summed E-state index contributed by atoms with van der Waals surface area (Å²) in [6.07, 6.45) is 3.65. The van der Waals surface area contributed by atoms with Crippen LogP contribution in [0.15, 0.2) is 12.5 Å². The third kappa shape index (κ3) is 11.2. The molecule has 0 aromatic carbocycles. The van der Waals surface area contributed by atoms with Gasteiger partial charge in [0.1, 0.15) is 18.1 Å². The summed E-state index contributed by atoms with van der Waals surface area (Å²) < 4.78 is 0. The van der Waals surface area contributed by atoms with Gasteiger partial charge >= 0.3 is 5.97 Å². The lowest BCUT2D eigenvalue weighted by molar-refractivity contribution is -0.142. The first-order valence-electron chi connectivity index (χ1n) is 10.9. The number of aromatic amines is 1. The predicted molar refractivity (Wildman–Crippen MR) is 129 cm³/mol. The van der Waals surface area contributed by atoms with Crippen LogP contribution >= 0.6 is 11.8 Å². The summed E-state index contributed by atoms with van der Waals surface area (Å²) >= 11 is 1.38. The van der Waals surface area contributed by atoms with Crippen molar-refractivity contribution in [3.63, 3.8) is 0 Å². The predicted octanol–water partition coefficient (Wildman–Crippen LogP) is -3.29. The minimum atomic E-state index is -1.49. The summed E-state index contributed by atoms with van der Waals surface area (Å²) in [5.74, 6) is -5.12. The molecule has 1 rings (SSSR count). The molecular weight excluding hydrogens is 496 g/mol. The molecule has 0 spiro atoms. The molecule has 200 valence electrons. The van der Waals surface area contributed by atoms with E-state index in [1.165, 1.54) is 24.3 Å². The number of nitrogens with one attached hydrogen (secondary N) is 4. The molecule has 0 saturated carbocycles. The topological polar surface area (TPSA) is 265 Å². The van der Waals surface area contributed by atoms with E-state index < -0.39 is 66.1 Å². The third-order valence-electron chi connectivity index (χ3n) is 4.91. The van der Waals surface area contributed by atoms with E-state index in [1.807, 2.05) is 0 Å². The van der Waals surface area contributed by atoms with Gasteiger partial charge < -0.3 is 43.2 Å². The van der Waals surface area contributed by atoms with E-state index in [0.717, 1.165) is 0 Å². The molecule has 11 N–H and O–H groups in total. The van der Waals surface area contributed by atoms with Crippen LogP contribution in [0.4, 0.5) is 0 Å². The van der Waals surface area contributed by atoms with E-state index in [1.54, 1.807) is 6.26 Å². The average molecular weight is 529 g/mol. The van der Waals surface area contributed by atoms with Crippen LogP contribution in [0.25, 0.3) is 0 Å². The van der Waals surface area contributed by atoms with Crippen molar-refractivity contribution in [3.05, 3.63) is 18.2 Å². The van der Waals surface area contributed by atoms with Gasteiger partial charge in [0.25, 0.3) is 0 Å². The number of hydrogen-bond donors (Lipinski definition) is 8. The highest BCUT2D eigenvalue weighted by Gasteiger charge is 2.31. The Kier molecular flexibility index (Phi) is 13.0. The summed E-state index contributed by atoms with van der Waals surface area (Å²) in [6, 6.07) is -5.21. The largest absolute Gasteiger partial charge is 0.480 e. The van der Waals surface area contributed by atoms with Gasteiger partial charge in [-0.2, -0.15) is 11.8 Å². The van der Waals surface area contributed by atoms with E-state index >= 15 is 0 Å². The van der Waals surface area contributed by atoms with Gasteiger partial charge in [0, 0.05) is 24.7 Å². The van der Waals surface area contributed by atoms with Crippen LogP contribution in [-0.2, 0) is 35.2 Å². The maximum atomic E-state index is 12.9. The number of nitrogens with zero attached hydrogens (tertiary/aromatic N) is 1. The van der Waals surface area contributed by atoms with Crippen LogP contribution in [0, 0.1) is 0 Å². The van der Waals surface area contributed by atoms with Crippen LogP contribution in [0.5, 0.6) is 0 Å². The molecule has 15 nitrogen and oxygen atoms in total. The normalized spacial score (nSPS) is 14.1. The molecule has 0 fully saturated rings. The van der Waals surface area contributed by atoms with Crippen molar-refractivity contribution in [2.45, 2.75) is 56.3 Å². The number of carboxylic acid groups (broad SMARTS) is 1. The maximum absolute atomic E-state index is 12.9. The lowest BCUT2D eigenvalue weighted by Gasteiger charge is -2.24. The average Bonchev–Trinajstić information content (AvgIpc) is 3.30. The SMILES string of the molecule is CSCCC(NC(=O)C(CCC(N)=O)NC(=O)C(CC(N)=O)NC(=O)C(N)Cc1cnc[nH]1)C(=O)O. The molecular formula is C20H32N8O7S. The molecule has 0 aliphatic carbocycles. The number of aromatic nitrogens is 2. The Balaban J connectivity index is 2.96. The van der Waals surface area contributed by atoms with Crippen LogP contribution in [0.1, 0.15) is 31.4 Å². The fraction of sp³-hybridized carbons (Fsp3) is 0.550. The second kappa shape index (κ2) is 15.4. The standard InChI is InChI=1S/C20H32N8O7S/c1-36-5-4-13(20(34)35)27-18(32)12(2-3-15(22)29)26-19(33)14(7-16(23)30)28-17(31)11(21)6-10-8-24-9-25-10/h8-9,11-14H,2-7,21H2,1H3,(H2,22,29)(H2,23,30)(H,24,25)(H,26,33)(H,27,32)(H,28,31)(H,34,35). The molecule has 4 unspecified atom stereocenters. The van der Waals surface area contributed by atoms with Gasteiger partial charge in [0.2, 0.25) is 29.5 Å². The molecule has 36 heavy (non-hydrogen) atoms. The Labute approximate surface area is 211 Å². The molecule has 0 aliphatic rings. The zero-order chi connectivity index (χ0) is 27.3. The Morgan fingerprint density at radius 1 is 0.972 bits per heavy atom.